The van der Waals surface area contributed by atoms with Crippen molar-refractivity contribution in [3.63, 3.8) is 0 Å². The van der Waals surface area contributed by atoms with Gasteiger partial charge in [-0.1, -0.05) is 25.7 Å². The second-order valence-corrected chi connectivity index (χ2v) is 6.86. The first-order valence-electron chi connectivity index (χ1n) is 8.66. The second-order valence-electron chi connectivity index (χ2n) is 6.86. The van der Waals surface area contributed by atoms with Crippen molar-refractivity contribution in [1.82, 2.24) is 5.32 Å². The number of hydrogen-bond acceptors (Lipinski definition) is 3. The van der Waals surface area contributed by atoms with Gasteiger partial charge in [-0.05, 0) is 55.4 Å². The molecule has 4 nitrogen and oxygen atoms in total. The van der Waals surface area contributed by atoms with Crippen LogP contribution >= 0.6 is 0 Å². The summed E-state index contributed by atoms with van der Waals surface area (Å²) < 4.78 is 4.67. The van der Waals surface area contributed by atoms with Crippen LogP contribution in [-0.4, -0.2) is 25.0 Å². The van der Waals surface area contributed by atoms with Gasteiger partial charge in [0, 0.05) is 11.6 Å². The molecule has 1 aromatic carbocycles. The van der Waals surface area contributed by atoms with Crippen LogP contribution in [0.2, 0.25) is 0 Å². The summed E-state index contributed by atoms with van der Waals surface area (Å²) in [5.41, 5.74) is 1.06. The molecule has 4 heteroatoms. The Morgan fingerprint density at radius 3 is 2.30 bits per heavy atom. The van der Waals surface area contributed by atoms with Gasteiger partial charge in [0.05, 0.1) is 12.7 Å². The maximum absolute atomic E-state index is 12.4. The molecule has 0 unspecified atom stereocenters. The van der Waals surface area contributed by atoms with E-state index in [1.165, 1.54) is 39.2 Å². The van der Waals surface area contributed by atoms with Crippen molar-refractivity contribution in [2.24, 2.45) is 11.8 Å². The van der Waals surface area contributed by atoms with Crippen molar-refractivity contribution in [3.05, 3.63) is 35.4 Å². The monoisotopic (exact) mass is 315 g/mol. The van der Waals surface area contributed by atoms with Crippen LogP contribution in [0.15, 0.2) is 24.3 Å². The fourth-order valence-electron chi connectivity index (χ4n) is 4.15. The number of fused-ring (bicyclic) bond motifs is 1. The van der Waals surface area contributed by atoms with Crippen LogP contribution in [0.25, 0.3) is 0 Å². The normalized spacial score (nSPS) is 26.9. The largest absolute Gasteiger partial charge is 0.465 e. The summed E-state index contributed by atoms with van der Waals surface area (Å²) in [6.45, 7) is 0. The maximum atomic E-state index is 12.4. The summed E-state index contributed by atoms with van der Waals surface area (Å²) in [5.74, 6) is 1.26. The molecule has 1 aromatic rings. The van der Waals surface area contributed by atoms with Crippen LogP contribution in [0, 0.1) is 11.8 Å². The zero-order valence-electron chi connectivity index (χ0n) is 13.7. The third kappa shape index (κ3) is 3.74. The Morgan fingerprint density at radius 2 is 1.61 bits per heavy atom. The van der Waals surface area contributed by atoms with Gasteiger partial charge in [-0.3, -0.25) is 4.79 Å². The lowest BCUT2D eigenvalue weighted by atomic mass is 9.69. The highest BCUT2D eigenvalue weighted by molar-refractivity contribution is 5.96. The number of carbonyl (C=O) groups excluding carboxylic acids is 2. The predicted octanol–water partition coefficient (Wildman–Crippen LogP) is 3.56. The highest BCUT2D eigenvalue weighted by Crippen LogP contribution is 2.40. The van der Waals surface area contributed by atoms with Crippen molar-refractivity contribution in [1.29, 1.82) is 0 Å². The Morgan fingerprint density at radius 1 is 0.957 bits per heavy atom. The van der Waals surface area contributed by atoms with Crippen LogP contribution in [0.5, 0.6) is 0 Å². The number of benzene rings is 1. The van der Waals surface area contributed by atoms with Gasteiger partial charge in [0.15, 0.2) is 0 Å². The molecule has 0 saturated heterocycles. The number of rotatable bonds is 3. The zero-order valence-corrected chi connectivity index (χ0v) is 13.7. The van der Waals surface area contributed by atoms with Crippen LogP contribution in [0.1, 0.15) is 65.7 Å². The average Bonchev–Trinajstić information content (AvgIpc) is 2.61. The molecule has 2 aliphatic rings. The van der Waals surface area contributed by atoms with E-state index in [0.717, 1.165) is 24.7 Å². The molecule has 0 radical (unpaired) electrons. The Bertz CT molecular complexity index is 566. The first-order chi connectivity index (χ1) is 11.2. The van der Waals surface area contributed by atoms with E-state index in [1.54, 1.807) is 24.3 Å². The summed E-state index contributed by atoms with van der Waals surface area (Å²) in [6, 6.07) is 6.95. The van der Waals surface area contributed by atoms with Crippen molar-refractivity contribution < 1.29 is 14.3 Å². The minimum absolute atomic E-state index is 0.0410. The molecule has 2 aliphatic carbocycles. The highest BCUT2D eigenvalue weighted by Gasteiger charge is 2.32. The number of methoxy groups -OCH3 is 1. The second kappa shape index (κ2) is 7.16. The van der Waals surface area contributed by atoms with Crippen LogP contribution in [-0.2, 0) is 4.74 Å². The first-order valence-corrected chi connectivity index (χ1v) is 8.66. The molecule has 1 amide bonds. The molecular weight excluding hydrogens is 290 g/mol. The van der Waals surface area contributed by atoms with E-state index in [0.29, 0.717) is 17.2 Å². The third-order valence-corrected chi connectivity index (χ3v) is 5.44. The van der Waals surface area contributed by atoms with Crippen molar-refractivity contribution in [2.45, 2.75) is 51.0 Å². The van der Waals surface area contributed by atoms with E-state index >= 15 is 0 Å². The summed E-state index contributed by atoms with van der Waals surface area (Å²) >= 11 is 0. The van der Waals surface area contributed by atoms with Crippen molar-refractivity contribution >= 4 is 11.9 Å². The molecule has 0 aliphatic heterocycles. The predicted molar refractivity (Wildman–Crippen MR) is 88.3 cm³/mol. The smallest absolute Gasteiger partial charge is 0.337 e. The van der Waals surface area contributed by atoms with Crippen molar-refractivity contribution in [3.8, 4) is 0 Å². The quantitative estimate of drug-likeness (QED) is 0.868. The van der Waals surface area contributed by atoms with Gasteiger partial charge < -0.3 is 10.1 Å². The molecule has 1 N–H and O–H groups in total. The minimum Gasteiger partial charge on any atom is -0.465 e. The Kier molecular flexibility index (Phi) is 4.99. The summed E-state index contributed by atoms with van der Waals surface area (Å²) in [7, 11) is 1.35. The molecule has 0 spiro atoms. The topological polar surface area (TPSA) is 55.4 Å². The minimum atomic E-state index is -0.382. The molecule has 2 fully saturated rings. The van der Waals surface area contributed by atoms with Gasteiger partial charge in [-0.2, -0.15) is 0 Å². The molecule has 3 rings (SSSR count). The standard InChI is InChI=1S/C19H25NO3/c1-23-19(22)15-8-6-14(7-9-15)18(21)20-17-11-10-13-4-2-3-5-16(13)12-17/h6-9,13,16-17H,2-5,10-12H2,1H3,(H,20,21)/t13-,16+,17-/m1/s1. The number of hydrogen-bond donors (Lipinski definition) is 1. The van der Waals surface area contributed by atoms with Crippen LogP contribution in [0.3, 0.4) is 0 Å². The molecule has 2 saturated carbocycles. The third-order valence-electron chi connectivity index (χ3n) is 5.44. The summed E-state index contributed by atoms with van der Waals surface area (Å²) in [6.07, 6.45) is 8.88. The van der Waals surface area contributed by atoms with Crippen molar-refractivity contribution in [2.75, 3.05) is 7.11 Å². The van der Waals surface area contributed by atoms with Crippen LogP contribution in [0.4, 0.5) is 0 Å². The van der Waals surface area contributed by atoms with Crippen LogP contribution < -0.4 is 5.32 Å². The number of nitrogens with one attached hydrogen (secondary N) is 1. The summed E-state index contributed by atoms with van der Waals surface area (Å²) in [5, 5.41) is 3.18. The van der Waals surface area contributed by atoms with Gasteiger partial charge in [0.25, 0.3) is 5.91 Å². The Balaban J connectivity index is 1.57. The van der Waals surface area contributed by atoms with E-state index in [9.17, 15) is 9.59 Å². The molecule has 0 aromatic heterocycles. The SMILES string of the molecule is COC(=O)c1ccc(C(=O)N[C@@H]2CC[C@H]3CCCC[C@H]3C2)cc1. The number of ether oxygens (including phenoxy) is 1. The molecule has 0 bridgehead atoms. The summed E-state index contributed by atoms with van der Waals surface area (Å²) in [4.78, 5) is 23.8. The maximum Gasteiger partial charge on any atom is 0.337 e. The highest BCUT2D eigenvalue weighted by atomic mass is 16.5. The molecule has 0 heterocycles. The van der Waals surface area contributed by atoms with E-state index in [-0.39, 0.29) is 11.9 Å². The van der Waals surface area contributed by atoms with Gasteiger partial charge >= 0.3 is 5.97 Å². The molecule has 3 atom stereocenters. The average molecular weight is 315 g/mol. The van der Waals surface area contributed by atoms with Gasteiger partial charge in [-0.25, -0.2) is 4.79 Å². The zero-order chi connectivity index (χ0) is 16.2. The fraction of sp³-hybridized carbons (Fsp3) is 0.579. The lowest BCUT2D eigenvalue weighted by Gasteiger charge is -2.39. The Labute approximate surface area is 137 Å². The molecule has 124 valence electrons. The Hall–Kier alpha value is -1.84. The first kappa shape index (κ1) is 16.0. The lowest BCUT2D eigenvalue weighted by molar-refractivity contribution is 0.0600. The molecular formula is C19H25NO3. The van der Waals surface area contributed by atoms with E-state index < -0.39 is 0 Å². The number of amides is 1. The van der Waals surface area contributed by atoms with E-state index in [4.69, 9.17) is 0 Å². The molecule has 23 heavy (non-hydrogen) atoms. The van der Waals surface area contributed by atoms with Gasteiger partial charge in [0.1, 0.15) is 0 Å². The van der Waals surface area contributed by atoms with E-state index in [1.807, 2.05) is 0 Å². The van der Waals surface area contributed by atoms with Gasteiger partial charge in [0.2, 0.25) is 0 Å². The van der Waals surface area contributed by atoms with Gasteiger partial charge in [-0.15, -0.1) is 0 Å². The van der Waals surface area contributed by atoms with E-state index in [2.05, 4.69) is 10.1 Å². The lowest BCUT2D eigenvalue weighted by Crippen LogP contribution is -2.41. The number of carbonyl (C=O) groups is 2. The number of esters is 1. The fourth-order valence-corrected chi connectivity index (χ4v) is 4.15.